The molecule has 2 aromatic rings. The van der Waals surface area contributed by atoms with Gasteiger partial charge in [-0.05, 0) is 31.4 Å². The molecule has 3 rings (SSSR count). The number of aliphatic imine (C=N–C) groups is 1. The maximum absolute atomic E-state index is 14.3. The molecule has 2 heterocycles. The van der Waals surface area contributed by atoms with Gasteiger partial charge in [-0.2, -0.15) is 0 Å². The third-order valence-electron chi connectivity index (χ3n) is 3.70. The molecule has 25 heavy (non-hydrogen) atoms. The number of aryl methyl sites for hydroxylation is 1. The summed E-state index contributed by atoms with van der Waals surface area (Å²) in [5, 5.41) is 0.934. The van der Waals surface area contributed by atoms with E-state index in [9.17, 15) is 4.39 Å². The number of imidazole rings is 1. The van der Waals surface area contributed by atoms with Gasteiger partial charge in [-0.25, -0.2) is 13.5 Å². The van der Waals surface area contributed by atoms with Crippen LogP contribution in [0.1, 0.15) is 18.2 Å². The Morgan fingerprint density at radius 1 is 1.40 bits per heavy atom. The number of fused-ring (bicyclic) bond motifs is 1. The highest BCUT2D eigenvalue weighted by Gasteiger charge is 2.38. The standard InChI is InChI=1S/C15H16BrFN3S.IO3/c1-15(11-6-10(16)4-5-12(11)17)8-20-9-19(2)7-13(20)14(18-15)21-3;2-1(3)4/h4-7,9H,8H2,1-3H3;/q+1;-1/t15-;/m0./s1. The highest BCUT2D eigenvalue weighted by atomic mass is 127. The van der Waals surface area contributed by atoms with E-state index in [0.717, 1.165) is 15.2 Å². The van der Waals surface area contributed by atoms with E-state index in [4.69, 9.17) is 15.3 Å². The van der Waals surface area contributed by atoms with Crippen molar-refractivity contribution in [1.29, 1.82) is 0 Å². The minimum absolute atomic E-state index is 0.218. The smallest absolute Gasteiger partial charge is 0.282 e. The number of halogens is 3. The molecule has 0 spiro atoms. The number of hydrogen-bond acceptors (Lipinski definition) is 5. The van der Waals surface area contributed by atoms with Gasteiger partial charge in [0.15, 0.2) is 5.69 Å². The van der Waals surface area contributed by atoms with Gasteiger partial charge in [0.2, 0.25) is 6.33 Å². The summed E-state index contributed by atoms with van der Waals surface area (Å²) < 4.78 is 45.0. The Morgan fingerprint density at radius 2 is 2.04 bits per heavy atom. The Labute approximate surface area is 166 Å². The molecule has 1 aromatic heterocycles. The van der Waals surface area contributed by atoms with Crippen LogP contribution in [0.3, 0.4) is 0 Å². The Balaban J connectivity index is 0.000000511. The lowest BCUT2D eigenvalue weighted by Gasteiger charge is -2.29. The third-order valence-corrected chi connectivity index (χ3v) is 4.88. The summed E-state index contributed by atoms with van der Waals surface area (Å²) >= 11 is 1.00. The molecule has 1 aliphatic heterocycles. The lowest BCUT2D eigenvalue weighted by atomic mass is 9.91. The van der Waals surface area contributed by atoms with Gasteiger partial charge in [0.1, 0.15) is 29.1 Å². The Morgan fingerprint density at radius 3 is 2.64 bits per heavy atom. The maximum atomic E-state index is 14.3. The van der Waals surface area contributed by atoms with Gasteiger partial charge in [0, 0.05) is 10.0 Å². The minimum Gasteiger partial charge on any atom is -0.427 e. The van der Waals surface area contributed by atoms with Crippen LogP contribution in [0.5, 0.6) is 0 Å². The van der Waals surface area contributed by atoms with Crippen LogP contribution in [0, 0.1) is 5.82 Å². The molecule has 0 amide bonds. The molecule has 0 saturated heterocycles. The monoisotopic (exact) mass is 543 g/mol. The van der Waals surface area contributed by atoms with Crippen molar-refractivity contribution in [1.82, 2.24) is 4.57 Å². The largest absolute Gasteiger partial charge is 0.427 e. The van der Waals surface area contributed by atoms with Gasteiger partial charge in [-0.15, -0.1) is 11.8 Å². The summed E-state index contributed by atoms with van der Waals surface area (Å²) in [4.78, 5) is 4.84. The van der Waals surface area contributed by atoms with E-state index in [1.807, 2.05) is 43.4 Å². The van der Waals surface area contributed by atoms with Crippen LogP contribution >= 0.6 is 27.7 Å². The van der Waals surface area contributed by atoms with Crippen molar-refractivity contribution in [3.05, 3.63) is 52.3 Å². The molecular formula is C15H16BrFIN3O3S. The van der Waals surface area contributed by atoms with Crippen LogP contribution in [0.4, 0.5) is 4.39 Å². The van der Waals surface area contributed by atoms with Gasteiger partial charge in [0.05, 0.1) is 7.05 Å². The van der Waals surface area contributed by atoms with Crippen molar-refractivity contribution in [2.24, 2.45) is 12.0 Å². The fourth-order valence-corrected chi connectivity index (χ4v) is 3.77. The van der Waals surface area contributed by atoms with Crippen molar-refractivity contribution < 1.29 is 40.3 Å². The van der Waals surface area contributed by atoms with Crippen LogP contribution in [-0.4, -0.2) is 15.9 Å². The molecule has 1 atom stereocenters. The number of nitrogens with zero attached hydrogens (tertiary/aromatic N) is 3. The van der Waals surface area contributed by atoms with E-state index in [0.29, 0.717) is 12.1 Å². The topological polar surface area (TPSA) is 90.3 Å². The molecule has 0 bridgehead atoms. The molecule has 0 N–H and O–H groups in total. The van der Waals surface area contributed by atoms with Gasteiger partial charge < -0.3 is 10.3 Å². The van der Waals surface area contributed by atoms with Crippen LogP contribution in [0.2, 0.25) is 0 Å². The number of hydrogen-bond donors (Lipinski definition) is 0. The Hall–Kier alpha value is -0.530. The van der Waals surface area contributed by atoms with Gasteiger partial charge in [-0.3, -0.25) is 4.99 Å². The Kier molecular flexibility index (Phi) is 7.01. The molecule has 1 aromatic carbocycles. The van der Waals surface area contributed by atoms with Gasteiger partial charge in [0.25, 0.3) is 21.1 Å². The summed E-state index contributed by atoms with van der Waals surface area (Å²) in [6.45, 7) is 2.61. The Bertz CT molecular complexity index is 800. The first-order chi connectivity index (χ1) is 11.7. The third kappa shape index (κ3) is 5.01. The van der Waals surface area contributed by atoms with Crippen molar-refractivity contribution in [2.45, 2.75) is 19.0 Å². The van der Waals surface area contributed by atoms with Crippen LogP contribution < -0.4 is 35.9 Å². The second-order valence-electron chi connectivity index (χ2n) is 5.63. The van der Waals surface area contributed by atoms with E-state index in [1.54, 1.807) is 17.8 Å². The predicted octanol–water partition coefficient (Wildman–Crippen LogP) is -3.31. The van der Waals surface area contributed by atoms with Gasteiger partial charge >= 0.3 is 0 Å². The summed E-state index contributed by atoms with van der Waals surface area (Å²) in [5.74, 6) is -0.218. The van der Waals surface area contributed by atoms with Crippen LogP contribution in [-0.2, 0) is 19.1 Å². The summed E-state index contributed by atoms with van der Waals surface area (Å²) in [5.41, 5.74) is 1.09. The van der Waals surface area contributed by atoms with Crippen molar-refractivity contribution in [3.63, 3.8) is 0 Å². The maximum Gasteiger partial charge on any atom is 0.282 e. The number of benzene rings is 1. The first-order valence-electron chi connectivity index (χ1n) is 7.04. The normalized spacial score (nSPS) is 19.2. The molecule has 0 aliphatic carbocycles. The highest BCUT2D eigenvalue weighted by molar-refractivity contribution is 9.10. The van der Waals surface area contributed by atoms with E-state index < -0.39 is 26.6 Å². The minimum atomic E-state index is -4.01. The van der Waals surface area contributed by atoms with E-state index in [2.05, 4.69) is 20.5 Å². The second-order valence-corrected chi connectivity index (χ2v) is 8.42. The molecule has 136 valence electrons. The van der Waals surface area contributed by atoms with E-state index in [-0.39, 0.29) is 5.82 Å². The van der Waals surface area contributed by atoms with Crippen molar-refractivity contribution >= 4 is 32.7 Å². The fraction of sp³-hybridized carbons (Fsp3) is 0.333. The van der Waals surface area contributed by atoms with Crippen LogP contribution in [0.25, 0.3) is 0 Å². The van der Waals surface area contributed by atoms with E-state index >= 15 is 0 Å². The number of rotatable bonds is 1. The molecule has 0 saturated carbocycles. The number of thioether (sulfide) groups is 1. The molecule has 10 heteroatoms. The highest BCUT2D eigenvalue weighted by Crippen LogP contribution is 2.36. The molecule has 1 aliphatic rings. The molecule has 0 unspecified atom stereocenters. The molecule has 0 radical (unpaired) electrons. The lowest BCUT2D eigenvalue weighted by Crippen LogP contribution is -4.05. The van der Waals surface area contributed by atoms with Gasteiger partial charge in [-0.1, -0.05) is 15.9 Å². The van der Waals surface area contributed by atoms with Crippen LogP contribution in [0.15, 0.2) is 40.2 Å². The first kappa shape index (κ1) is 20.8. The average Bonchev–Trinajstić information content (AvgIpc) is 2.88. The SMILES string of the molecule is CSC1=N[C@](C)(c2cc(Br)ccc2F)Cn2c[n+](C)cc21.[O-][I+2]([O-])[O-]. The summed E-state index contributed by atoms with van der Waals surface area (Å²) in [7, 11) is 1.99. The summed E-state index contributed by atoms with van der Waals surface area (Å²) in [6.07, 6.45) is 6.07. The quantitative estimate of drug-likeness (QED) is 0.278. The first-order valence-corrected chi connectivity index (χ1v) is 11.7. The molecular weight excluding hydrogens is 528 g/mol. The summed E-state index contributed by atoms with van der Waals surface area (Å²) in [6, 6.07) is 5.03. The lowest BCUT2D eigenvalue weighted by molar-refractivity contribution is -1.73. The average molecular weight is 544 g/mol. The second kappa shape index (κ2) is 8.44. The molecule has 6 nitrogen and oxygen atoms in total. The van der Waals surface area contributed by atoms with E-state index in [1.165, 1.54) is 6.07 Å². The predicted molar refractivity (Wildman–Crippen MR) is 87.1 cm³/mol. The zero-order valence-electron chi connectivity index (χ0n) is 13.7. The van der Waals surface area contributed by atoms with Crippen molar-refractivity contribution in [3.8, 4) is 0 Å². The van der Waals surface area contributed by atoms with Crippen molar-refractivity contribution in [2.75, 3.05) is 6.26 Å². The molecule has 0 fully saturated rings. The fourth-order valence-electron chi connectivity index (χ4n) is 2.74. The zero-order valence-corrected chi connectivity index (χ0v) is 18.3. The zero-order chi connectivity index (χ0) is 18.8. The number of aromatic nitrogens is 2.